The van der Waals surface area contributed by atoms with Gasteiger partial charge in [0.15, 0.2) is 0 Å². The highest BCUT2D eigenvalue weighted by atomic mass is 16.5. The van der Waals surface area contributed by atoms with Crippen LogP contribution in [0.5, 0.6) is 0 Å². The third-order valence-electron chi connectivity index (χ3n) is 3.64. The number of hydrogen-bond donors (Lipinski definition) is 2. The molecule has 19 heavy (non-hydrogen) atoms. The number of ether oxygens (including phenoxy) is 1. The molecule has 1 saturated heterocycles. The molecule has 0 radical (unpaired) electrons. The molecule has 1 aliphatic heterocycles. The van der Waals surface area contributed by atoms with Crippen LogP contribution in [0.15, 0.2) is 24.3 Å². The summed E-state index contributed by atoms with van der Waals surface area (Å²) in [6.07, 6.45) is 1.14. The molecule has 2 N–H and O–H groups in total. The highest BCUT2D eigenvalue weighted by Gasteiger charge is 2.15. The van der Waals surface area contributed by atoms with E-state index in [2.05, 4.69) is 5.32 Å². The topological polar surface area (TPSA) is 58.6 Å². The molecule has 2 unspecified atom stereocenters. The predicted octanol–water partition coefficient (Wildman–Crippen LogP) is 2.00. The first-order chi connectivity index (χ1) is 9.16. The number of aliphatic carboxylic acids is 1. The zero-order valence-electron chi connectivity index (χ0n) is 11.3. The lowest BCUT2D eigenvalue weighted by Gasteiger charge is -2.11. The summed E-state index contributed by atoms with van der Waals surface area (Å²) in [6.45, 7) is 5.25. The van der Waals surface area contributed by atoms with Crippen LogP contribution in [-0.4, -0.2) is 30.8 Å². The van der Waals surface area contributed by atoms with E-state index in [4.69, 9.17) is 9.84 Å². The van der Waals surface area contributed by atoms with Crippen LogP contribution in [0.1, 0.15) is 30.4 Å². The molecular formula is C15H21NO3. The van der Waals surface area contributed by atoms with Gasteiger partial charge in [0, 0.05) is 19.7 Å². The van der Waals surface area contributed by atoms with Gasteiger partial charge in [0.1, 0.15) is 0 Å². The van der Waals surface area contributed by atoms with Gasteiger partial charge in [-0.25, -0.2) is 0 Å². The number of hydrogen-bond acceptors (Lipinski definition) is 3. The van der Waals surface area contributed by atoms with Crippen molar-refractivity contribution in [3.8, 4) is 0 Å². The van der Waals surface area contributed by atoms with Gasteiger partial charge in [0.25, 0.3) is 0 Å². The molecule has 0 spiro atoms. The van der Waals surface area contributed by atoms with Gasteiger partial charge < -0.3 is 15.2 Å². The fraction of sp³-hybridized carbons (Fsp3) is 0.533. The van der Waals surface area contributed by atoms with E-state index in [0.717, 1.165) is 38.3 Å². The quantitative estimate of drug-likeness (QED) is 0.824. The Bertz CT molecular complexity index is 410. The van der Waals surface area contributed by atoms with Crippen LogP contribution >= 0.6 is 0 Å². The largest absolute Gasteiger partial charge is 0.481 e. The van der Waals surface area contributed by atoms with Crippen LogP contribution in [0.25, 0.3) is 0 Å². The SMILES string of the molecule is CC(C(=O)O)c1ccc(CNCC2CCOC2)cc1. The molecule has 1 aromatic rings. The fourth-order valence-corrected chi connectivity index (χ4v) is 2.23. The van der Waals surface area contributed by atoms with Gasteiger partial charge in [0.05, 0.1) is 12.5 Å². The van der Waals surface area contributed by atoms with Crippen molar-refractivity contribution in [3.05, 3.63) is 35.4 Å². The molecule has 2 atom stereocenters. The Balaban J connectivity index is 1.79. The van der Waals surface area contributed by atoms with E-state index in [-0.39, 0.29) is 0 Å². The minimum atomic E-state index is -0.785. The van der Waals surface area contributed by atoms with E-state index >= 15 is 0 Å². The average Bonchev–Trinajstić information content (AvgIpc) is 2.92. The Kier molecular flexibility index (Phi) is 4.93. The van der Waals surface area contributed by atoms with Gasteiger partial charge in [-0.1, -0.05) is 24.3 Å². The van der Waals surface area contributed by atoms with Crippen molar-refractivity contribution in [1.29, 1.82) is 0 Å². The summed E-state index contributed by atoms with van der Waals surface area (Å²) in [5, 5.41) is 12.4. The maximum Gasteiger partial charge on any atom is 0.310 e. The van der Waals surface area contributed by atoms with Crippen LogP contribution in [0.2, 0.25) is 0 Å². The van der Waals surface area contributed by atoms with E-state index in [1.165, 1.54) is 5.56 Å². The Morgan fingerprint density at radius 2 is 2.21 bits per heavy atom. The molecule has 0 amide bonds. The minimum absolute atomic E-state index is 0.447. The number of carbonyl (C=O) groups is 1. The first-order valence-corrected chi connectivity index (χ1v) is 6.77. The molecule has 0 aliphatic carbocycles. The van der Waals surface area contributed by atoms with Crippen molar-refractivity contribution < 1.29 is 14.6 Å². The molecule has 0 aromatic heterocycles. The third-order valence-corrected chi connectivity index (χ3v) is 3.64. The number of rotatable bonds is 6. The maximum absolute atomic E-state index is 10.9. The Morgan fingerprint density at radius 1 is 1.47 bits per heavy atom. The minimum Gasteiger partial charge on any atom is -0.481 e. The highest BCUT2D eigenvalue weighted by molar-refractivity contribution is 5.75. The lowest BCUT2D eigenvalue weighted by atomic mass is 10.00. The monoisotopic (exact) mass is 263 g/mol. The maximum atomic E-state index is 10.9. The summed E-state index contributed by atoms with van der Waals surface area (Å²) >= 11 is 0. The Hall–Kier alpha value is -1.39. The standard InChI is InChI=1S/C15H21NO3/c1-11(15(17)18)14-4-2-12(3-5-14)8-16-9-13-6-7-19-10-13/h2-5,11,13,16H,6-10H2,1H3,(H,17,18). The summed E-state index contributed by atoms with van der Waals surface area (Å²) in [7, 11) is 0. The van der Waals surface area contributed by atoms with Crippen LogP contribution < -0.4 is 5.32 Å². The van der Waals surface area contributed by atoms with E-state index in [9.17, 15) is 4.79 Å². The van der Waals surface area contributed by atoms with Crippen molar-refractivity contribution in [2.24, 2.45) is 5.92 Å². The predicted molar refractivity (Wildman–Crippen MR) is 73.1 cm³/mol. The molecule has 4 nitrogen and oxygen atoms in total. The van der Waals surface area contributed by atoms with E-state index in [0.29, 0.717) is 5.92 Å². The number of benzene rings is 1. The van der Waals surface area contributed by atoms with Gasteiger partial charge in [-0.15, -0.1) is 0 Å². The molecule has 0 saturated carbocycles. The normalized spacial score (nSPS) is 20.4. The average molecular weight is 263 g/mol. The van der Waals surface area contributed by atoms with Crippen molar-refractivity contribution in [2.75, 3.05) is 19.8 Å². The Morgan fingerprint density at radius 3 is 2.79 bits per heavy atom. The van der Waals surface area contributed by atoms with E-state index in [1.54, 1.807) is 6.92 Å². The first kappa shape index (κ1) is 14.0. The van der Waals surface area contributed by atoms with E-state index in [1.807, 2.05) is 24.3 Å². The summed E-state index contributed by atoms with van der Waals surface area (Å²) in [5.74, 6) is -0.601. The van der Waals surface area contributed by atoms with Crippen molar-refractivity contribution in [2.45, 2.75) is 25.8 Å². The van der Waals surface area contributed by atoms with Crippen LogP contribution in [0.4, 0.5) is 0 Å². The second kappa shape index (κ2) is 6.68. The summed E-state index contributed by atoms with van der Waals surface area (Å²) in [6, 6.07) is 7.78. The van der Waals surface area contributed by atoms with Crippen molar-refractivity contribution in [1.82, 2.24) is 5.32 Å². The lowest BCUT2D eigenvalue weighted by Crippen LogP contribution is -2.22. The molecule has 104 valence electrons. The van der Waals surface area contributed by atoms with Gasteiger partial charge in [0.2, 0.25) is 0 Å². The fourth-order valence-electron chi connectivity index (χ4n) is 2.23. The summed E-state index contributed by atoms with van der Waals surface area (Å²) < 4.78 is 5.33. The third kappa shape index (κ3) is 4.04. The molecular weight excluding hydrogens is 242 g/mol. The first-order valence-electron chi connectivity index (χ1n) is 6.77. The van der Waals surface area contributed by atoms with Crippen LogP contribution in [-0.2, 0) is 16.1 Å². The molecule has 4 heteroatoms. The second-order valence-corrected chi connectivity index (χ2v) is 5.16. The number of carboxylic acids is 1. The zero-order valence-corrected chi connectivity index (χ0v) is 11.3. The van der Waals surface area contributed by atoms with Crippen LogP contribution in [0, 0.1) is 5.92 Å². The highest BCUT2D eigenvalue weighted by Crippen LogP contribution is 2.16. The lowest BCUT2D eigenvalue weighted by molar-refractivity contribution is -0.138. The summed E-state index contributed by atoms with van der Waals surface area (Å²) in [5.41, 5.74) is 2.03. The van der Waals surface area contributed by atoms with Gasteiger partial charge in [-0.2, -0.15) is 0 Å². The van der Waals surface area contributed by atoms with Crippen LogP contribution in [0.3, 0.4) is 0 Å². The molecule has 2 rings (SSSR count). The number of carboxylic acid groups (broad SMARTS) is 1. The van der Waals surface area contributed by atoms with E-state index < -0.39 is 11.9 Å². The smallest absolute Gasteiger partial charge is 0.310 e. The van der Waals surface area contributed by atoms with Crippen molar-refractivity contribution >= 4 is 5.97 Å². The van der Waals surface area contributed by atoms with Gasteiger partial charge >= 0.3 is 5.97 Å². The Labute approximate surface area is 113 Å². The zero-order chi connectivity index (χ0) is 13.7. The molecule has 1 heterocycles. The number of nitrogens with one attached hydrogen (secondary N) is 1. The summed E-state index contributed by atoms with van der Waals surface area (Å²) in [4.78, 5) is 10.9. The molecule has 0 bridgehead atoms. The van der Waals surface area contributed by atoms with Crippen molar-refractivity contribution in [3.63, 3.8) is 0 Å². The molecule has 1 fully saturated rings. The second-order valence-electron chi connectivity index (χ2n) is 5.16. The van der Waals surface area contributed by atoms with Gasteiger partial charge in [-0.3, -0.25) is 4.79 Å². The molecule has 1 aliphatic rings. The van der Waals surface area contributed by atoms with Gasteiger partial charge in [-0.05, 0) is 30.4 Å². The molecule has 1 aromatic carbocycles.